The third-order valence-corrected chi connectivity index (χ3v) is 6.84. The lowest BCUT2D eigenvalue weighted by molar-refractivity contribution is 0.0493. The second-order valence-electron chi connectivity index (χ2n) is 8.44. The molecule has 144 valence electrons. The van der Waals surface area contributed by atoms with Crippen molar-refractivity contribution in [1.29, 1.82) is 0 Å². The van der Waals surface area contributed by atoms with Crippen molar-refractivity contribution in [2.75, 3.05) is 19.8 Å². The molecule has 3 nitrogen and oxygen atoms in total. The van der Waals surface area contributed by atoms with E-state index in [-0.39, 0.29) is 0 Å². The molecule has 0 spiro atoms. The van der Waals surface area contributed by atoms with Crippen molar-refractivity contribution in [3.63, 3.8) is 0 Å². The fourth-order valence-corrected chi connectivity index (χ4v) is 6.29. The third-order valence-electron chi connectivity index (χ3n) is 3.80. The van der Waals surface area contributed by atoms with Crippen molar-refractivity contribution in [2.45, 2.75) is 62.3 Å². The molecule has 0 radical (unpaired) electrons. The normalized spacial score (nSPS) is 12.6. The minimum absolute atomic E-state index is 0.434. The summed E-state index contributed by atoms with van der Waals surface area (Å²) in [5.74, 6) is 1.30. The second-order valence-corrected chi connectivity index (χ2v) is 10.9. The Kier molecular flexibility index (Phi) is 8.82. The molecule has 0 atom stereocenters. The first-order chi connectivity index (χ1) is 11.6. The number of hydrogen-bond donors (Lipinski definition) is 0. The molecule has 0 saturated carbocycles. The van der Waals surface area contributed by atoms with Gasteiger partial charge in [-0.25, -0.2) is 0 Å². The maximum absolute atomic E-state index is 6.47. The molecule has 0 aliphatic carbocycles. The van der Waals surface area contributed by atoms with Crippen molar-refractivity contribution in [1.82, 2.24) is 0 Å². The van der Waals surface area contributed by atoms with Crippen LogP contribution in [0.4, 0.5) is 0 Å². The molecule has 0 fully saturated rings. The molecule has 0 aliphatic rings. The summed E-state index contributed by atoms with van der Waals surface area (Å²) >= 11 is 0. The molecule has 0 amide bonds. The molecule has 0 saturated heterocycles. The Bertz CT molecular complexity index is 484. The van der Waals surface area contributed by atoms with Gasteiger partial charge in [0.2, 0.25) is 0 Å². The van der Waals surface area contributed by atoms with E-state index in [1.54, 1.807) is 0 Å². The van der Waals surface area contributed by atoms with Crippen LogP contribution in [-0.2, 0) is 13.3 Å². The summed E-state index contributed by atoms with van der Waals surface area (Å²) in [6.45, 7) is 21.4. The van der Waals surface area contributed by atoms with E-state index in [1.165, 1.54) is 16.7 Å². The molecule has 0 aliphatic heterocycles. The van der Waals surface area contributed by atoms with Gasteiger partial charge in [-0.2, -0.15) is 0 Å². The maximum Gasteiger partial charge on any atom is 0.537 e. The summed E-state index contributed by atoms with van der Waals surface area (Å²) < 4.78 is 19.4. The highest BCUT2D eigenvalue weighted by molar-refractivity contribution is 6.76. The minimum atomic E-state index is -2.97. The Balaban J connectivity index is 3.38. The van der Waals surface area contributed by atoms with Gasteiger partial charge in [-0.05, 0) is 49.7 Å². The van der Waals surface area contributed by atoms with Crippen LogP contribution in [0.25, 0.3) is 0 Å². The molecular formula is C21H38O3Si. The van der Waals surface area contributed by atoms with Crippen LogP contribution in [0.15, 0.2) is 12.1 Å². The highest BCUT2D eigenvalue weighted by atomic mass is 28.4. The quantitative estimate of drug-likeness (QED) is 0.558. The lowest BCUT2D eigenvalue weighted by atomic mass is 10.1. The van der Waals surface area contributed by atoms with Gasteiger partial charge in [0.25, 0.3) is 0 Å². The van der Waals surface area contributed by atoms with Gasteiger partial charge in [-0.3, -0.25) is 0 Å². The van der Waals surface area contributed by atoms with Crippen LogP contribution in [0.2, 0.25) is 0 Å². The van der Waals surface area contributed by atoms with Gasteiger partial charge in [0.15, 0.2) is 0 Å². The average molecular weight is 367 g/mol. The van der Waals surface area contributed by atoms with E-state index in [1.807, 2.05) is 0 Å². The Morgan fingerprint density at radius 2 is 1.00 bits per heavy atom. The third kappa shape index (κ3) is 6.85. The molecule has 0 unspecified atom stereocenters. The Labute approximate surface area is 156 Å². The zero-order valence-corrected chi connectivity index (χ0v) is 18.7. The number of aryl methyl sites for hydroxylation is 3. The average Bonchev–Trinajstić information content (AvgIpc) is 2.46. The first kappa shape index (κ1) is 22.4. The standard InChI is InChI=1S/C21H38O3Si/c1-15(2)12-22-25(23-13-16(3)4,24-14-17(5)6)21-19(8)10-18(7)11-20(21)9/h10-11,15-17H,12-14H2,1-9H3. The van der Waals surface area contributed by atoms with E-state index in [0.29, 0.717) is 37.6 Å². The lowest BCUT2D eigenvalue weighted by Gasteiger charge is -2.34. The summed E-state index contributed by atoms with van der Waals surface area (Å²) in [7, 11) is -2.97. The Morgan fingerprint density at radius 1 is 0.680 bits per heavy atom. The molecule has 4 heteroatoms. The zero-order valence-electron chi connectivity index (χ0n) is 17.7. The van der Waals surface area contributed by atoms with Crippen molar-refractivity contribution in [3.05, 3.63) is 28.8 Å². The smallest absolute Gasteiger partial charge is 0.370 e. The Hall–Kier alpha value is -0.683. The van der Waals surface area contributed by atoms with Crippen LogP contribution in [0.5, 0.6) is 0 Å². The maximum atomic E-state index is 6.47. The predicted molar refractivity (Wildman–Crippen MR) is 108 cm³/mol. The van der Waals surface area contributed by atoms with Crippen LogP contribution < -0.4 is 5.19 Å². The van der Waals surface area contributed by atoms with E-state index in [0.717, 1.165) is 5.19 Å². The fourth-order valence-electron chi connectivity index (χ4n) is 2.83. The lowest BCUT2D eigenvalue weighted by Crippen LogP contribution is -2.60. The monoisotopic (exact) mass is 366 g/mol. The number of benzene rings is 1. The summed E-state index contributed by atoms with van der Waals surface area (Å²) in [6.07, 6.45) is 0. The molecule has 0 bridgehead atoms. The van der Waals surface area contributed by atoms with Crippen LogP contribution in [0, 0.1) is 38.5 Å². The zero-order chi connectivity index (χ0) is 19.2. The summed E-state index contributed by atoms with van der Waals surface area (Å²) in [6, 6.07) is 4.42. The molecule has 1 rings (SSSR count). The first-order valence-electron chi connectivity index (χ1n) is 9.57. The van der Waals surface area contributed by atoms with Crippen molar-refractivity contribution < 1.29 is 13.3 Å². The van der Waals surface area contributed by atoms with Gasteiger partial charge in [0, 0.05) is 25.0 Å². The minimum Gasteiger partial charge on any atom is -0.370 e. The molecule has 0 heterocycles. The highest BCUT2D eigenvalue weighted by Gasteiger charge is 2.47. The van der Waals surface area contributed by atoms with E-state index in [4.69, 9.17) is 13.3 Å². The SMILES string of the molecule is Cc1cc(C)c([Si](OCC(C)C)(OCC(C)C)OCC(C)C)c(C)c1. The molecular weight excluding hydrogens is 328 g/mol. The fraction of sp³-hybridized carbons (Fsp3) is 0.714. The Morgan fingerprint density at radius 3 is 1.28 bits per heavy atom. The second kappa shape index (κ2) is 9.86. The van der Waals surface area contributed by atoms with Crippen LogP contribution in [0.3, 0.4) is 0 Å². The predicted octanol–water partition coefficient (Wildman–Crippen LogP) is 4.78. The molecule has 0 N–H and O–H groups in total. The molecule has 0 aromatic heterocycles. The molecule has 1 aromatic carbocycles. The van der Waals surface area contributed by atoms with Crippen molar-refractivity contribution in [3.8, 4) is 0 Å². The van der Waals surface area contributed by atoms with E-state index in [9.17, 15) is 0 Å². The summed E-state index contributed by atoms with van der Waals surface area (Å²) in [4.78, 5) is 0. The molecule has 1 aromatic rings. The van der Waals surface area contributed by atoms with Crippen molar-refractivity contribution >= 4 is 14.0 Å². The number of rotatable bonds is 10. The summed E-state index contributed by atoms with van der Waals surface area (Å²) in [5, 5.41) is 1.15. The van der Waals surface area contributed by atoms with Gasteiger partial charge in [-0.15, -0.1) is 0 Å². The highest BCUT2D eigenvalue weighted by Crippen LogP contribution is 2.20. The van der Waals surface area contributed by atoms with Gasteiger partial charge in [0.05, 0.1) is 0 Å². The van der Waals surface area contributed by atoms with Crippen LogP contribution in [-0.4, -0.2) is 28.6 Å². The molecule has 25 heavy (non-hydrogen) atoms. The van der Waals surface area contributed by atoms with E-state index >= 15 is 0 Å². The first-order valence-corrected chi connectivity index (χ1v) is 11.3. The van der Waals surface area contributed by atoms with E-state index in [2.05, 4.69) is 74.4 Å². The van der Waals surface area contributed by atoms with Gasteiger partial charge in [-0.1, -0.05) is 59.2 Å². The summed E-state index contributed by atoms with van der Waals surface area (Å²) in [5.41, 5.74) is 3.68. The topological polar surface area (TPSA) is 27.7 Å². The van der Waals surface area contributed by atoms with Gasteiger partial charge < -0.3 is 13.3 Å². The van der Waals surface area contributed by atoms with Crippen LogP contribution >= 0.6 is 0 Å². The van der Waals surface area contributed by atoms with Crippen LogP contribution in [0.1, 0.15) is 58.2 Å². The largest absolute Gasteiger partial charge is 0.537 e. The number of hydrogen-bond acceptors (Lipinski definition) is 3. The van der Waals surface area contributed by atoms with Gasteiger partial charge in [0.1, 0.15) is 0 Å². The van der Waals surface area contributed by atoms with Gasteiger partial charge >= 0.3 is 8.80 Å². The van der Waals surface area contributed by atoms with Crippen molar-refractivity contribution in [2.24, 2.45) is 17.8 Å². The van der Waals surface area contributed by atoms with E-state index < -0.39 is 8.80 Å².